The third kappa shape index (κ3) is 2.29. The van der Waals surface area contributed by atoms with Crippen LogP contribution >= 0.6 is 11.6 Å². The molecule has 140 valence electrons. The van der Waals surface area contributed by atoms with Gasteiger partial charge in [0.1, 0.15) is 0 Å². The van der Waals surface area contributed by atoms with E-state index in [0.29, 0.717) is 33.9 Å². The third-order valence-electron chi connectivity index (χ3n) is 6.45. The quantitative estimate of drug-likeness (QED) is 0.453. The fourth-order valence-electron chi connectivity index (χ4n) is 5.14. The van der Waals surface area contributed by atoms with E-state index in [1.165, 1.54) is 20.4 Å². The Morgan fingerprint density at radius 2 is 1.59 bits per heavy atom. The van der Waals surface area contributed by atoms with Gasteiger partial charge in [0.25, 0.3) is 11.8 Å². The number of hydrogen-bond donors (Lipinski definition) is 0. The summed E-state index contributed by atoms with van der Waals surface area (Å²) < 4.78 is 10.5. The van der Waals surface area contributed by atoms with Gasteiger partial charge in [-0.25, -0.2) is 0 Å². The van der Waals surface area contributed by atoms with Gasteiger partial charge in [-0.05, 0) is 36.2 Å². The molecule has 5 aliphatic rings. The Balaban J connectivity index is 1.44. The lowest BCUT2D eigenvalue weighted by Gasteiger charge is -2.37. The lowest BCUT2D eigenvalue weighted by atomic mass is 9.63. The van der Waals surface area contributed by atoms with Gasteiger partial charge in [-0.2, -0.15) is 10.1 Å². The zero-order valence-electron chi connectivity index (χ0n) is 15.0. The molecule has 6 atom stereocenters. The summed E-state index contributed by atoms with van der Waals surface area (Å²) in [6.45, 7) is 0. The Bertz CT molecular complexity index is 875. The number of hydrazone groups is 1. The van der Waals surface area contributed by atoms with Crippen molar-refractivity contribution >= 4 is 29.6 Å². The van der Waals surface area contributed by atoms with Crippen LogP contribution in [0.1, 0.15) is 12.0 Å². The highest BCUT2D eigenvalue weighted by Crippen LogP contribution is 2.65. The van der Waals surface area contributed by atoms with Crippen LogP contribution < -0.4 is 9.47 Å². The highest BCUT2D eigenvalue weighted by atomic mass is 35.5. The predicted molar refractivity (Wildman–Crippen MR) is 98.7 cm³/mol. The number of amides is 2. The number of carbonyl (C=O) groups is 2. The SMILES string of the molecule is COc1cc(Cl)c(/C=N\N2C(=O)[C@@H]3[C@H]4C=C[C@@H]([C@@H]5C[C@@H]45)[C@H]3C2=O)cc1OC. The Morgan fingerprint density at radius 3 is 2.15 bits per heavy atom. The molecule has 0 radical (unpaired) electrons. The predicted octanol–water partition coefficient (Wildman–Crippen LogP) is 2.74. The second kappa shape index (κ2) is 5.83. The maximum Gasteiger partial charge on any atom is 0.254 e. The number of benzene rings is 1. The normalized spacial score (nSPS) is 35.6. The van der Waals surface area contributed by atoms with Crippen LogP contribution in [0, 0.1) is 35.5 Å². The minimum atomic E-state index is -0.255. The summed E-state index contributed by atoms with van der Waals surface area (Å²) in [6, 6.07) is 3.29. The minimum Gasteiger partial charge on any atom is -0.493 e. The zero-order valence-corrected chi connectivity index (χ0v) is 15.7. The van der Waals surface area contributed by atoms with Gasteiger partial charge in [0.05, 0.1) is 37.3 Å². The summed E-state index contributed by atoms with van der Waals surface area (Å²) in [7, 11) is 3.05. The van der Waals surface area contributed by atoms with E-state index in [1.807, 2.05) is 0 Å². The van der Waals surface area contributed by atoms with Crippen molar-refractivity contribution in [3.8, 4) is 11.5 Å². The first-order valence-electron chi connectivity index (χ1n) is 9.06. The van der Waals surface area contributed by atoms with Gasteiger partial charge in [-0.3, -0.25) is 9.59 Å². The van der Waals surface area contributed by atoms with Crippen molar-refractivity contribution in [1.29, 1.82) is 0 Å². The van der Waals surface area contributed by atoms with Gasteiger partial charge >= 0.3 is 0 Å². The van der Waals surface area contributed by atoms with E-state index >= 15 is 0 Å². The molecular formula is C20H19ClN2O4. The van der Waals surface area contributed by atoms with Crippen molar-refractivity contribution in [3.63, 3.8) is 0 Å². The summed E-state index contributed by atoms with van der Waals surface area (Å²) in [5.41, 5.74) is 0.550. The van der Waals surface area contributed by atoms with E-state index in [9.17, 15) is 9.59 Å². The van der Waals surface area contributed by atoms with Crippen LogP contribution in [0.4, 0.5) is 0 Å². The van der Waals surface area contributed by atoms with Gasteiger partial charge < -0.3 is 9.47 Å². The first-order chi connectivity index (χ1) is 13.0. The summed E-state index contributed by atoms with van der Waals surface area (Å²) in [5.74, 6) is 1.62. The summed E-state index contributed by atoms with van der Waals surface area (Å²) in [5, 5.41) is 5.65. The molecule has 0 N–H and O–H groups in total. The van der Waals surface area contributed by atoms with Crippen molar-refractivity contribution in [2.75, 3.05) is 14.2 Å². The molecule has 2 bridgehead atoms. The number of carbonyl (C=O) groups excluding carboxylic acids is 2. The number of nitrogens with zero attached hydrogens (tertiary/aromatic N) is 2. The summed E-state index contributed by atoms with van der Waals surface area (Å²) in [4.78, 5) is 25.8. The van der Waals surface area contributed by atoms with Crippen LogP contribution in [0.5, 0.6) is 11.5 Å². The van der Waals surface area contributed by atoms with Crippen LogP contribution in [0.3, 0.4) is 0 Å². The van der Waals surface area contributed by atoms with Crippen LogP contribution in [0.15, 0.2) is 29.4 Å². The van der Waals surface area contributed by atoms with E-state index in [-0.39, 0.29) is 35.5 Å². The maximum atomic E-state index is 12.9. The molecule has 1 saturated heterocycles. The first kappa shape index (κ1) is 16.8. The topological polar surface area (TPSA) is 68.2 Å². The van der Waals surface area contributed by atoms with Crippen LogP contribution in [-0.2, 0) is 9.59 Å². The molecule has 6 rings (SSSR count). The second-order valence-corrected chi connectivity index (χ2v) is 8.02. The highest BCUT2D eigenvalue weighted by Gasteiger charge is 2.67. The molecule has 0 unspecified atom stereocenters. The Kier molecular flexibility index (Phi) is 3.63. The third-order valence-corrected chi connectivity index (χ3v) is 6.78. The van der Waals surface area contributed by atoms with Crippen molar-refractivity contribution < 1.29 is 19.1 Å². The smallest absolute Gasteiger partial charge is 0.254 e. The number of imide groups is 1. The first-order valence-corrected chi connectivity index (χ1v) is 9.44. The average Bonchev–Trinajstić information content (AvgIpc) is 3.46. The lowest BCUT2D eigenvalue weighted by molar-refractivity contribution is -0.140. The van der Waals surface area contributed by atoms with Crippen LogP contribution in [0.2, 0.25) is 5.02 Å². The molecular weight excluding hydrogens is 368 g/mol. The van der Waals surface area contributed by atoms with E-state index in [4.69, 9.17) is 21.1 Å². The van der Waals surface area contributed by atoms with Gasteiger partial charge in [-0.15, -0.1) is 0 Å². The fraction of sp³-hybridized carbons (Fsp3) is 0.450. The summed E-state index contributed by atoms with van der Waals surface area (Å²) in [6.07, 6.45) is 6.86. The molecule has 2 saturated carbocycles. The Morgan fingerprint density at radius 1 is 1.04 bits per heavy atom. The average molecular weight is 387 g/mol. The van der Waals surface area contributed by atoms with E-state index < -0.39 is 0 Å². The molecule has 1 aliphatic heterocycles. The second-order valence-electron chi connectivity index (χ2n) is 7.62. The highest BCUT2D eigenvalue weighted by molar-refractivity contribution is 6.33. The Labute approximate surface area is 161 Å². The molecule has 1 aromatic rings. The molecule has 0 spiro atoms. The van der Waals surface area contributed by atoms with E-state index in [2.05, 4.69) is 17.3 Å². The summed E-state index contributed by atoms with van der Waals surface area (Å²) >= 11 is 6.27. The Hall–Kier alpha value is -2.34. The molecule has 4 aliphatic carbocycles. The maximum absolute atomic E-state index is 12.9. The van der Waals surface area contributed by atoms with Crippen molar-refractivity contribution in [2.24, 2.45) is 40.6 Å². The number of methoxy groups -OCH3 is 2. The van der Waals surface area contributed by atoms with Gasteiger partial charge in [0.2, 0.25) is 0 Å². The number of hydrogen-bond acceptors (Lipinski definition) is 5. The van der Waals surface area contributed by atoms with Gasteiger partial charge in [0.15, 0.2) is 11.5 Å². The number of ether oxygens (including phenoxy) is 2. The van der Waals surface area contributed by atoms with E-state index in [1.54, 1.807) is 12.1 Å². The molecule has 1 heterocycles. The van der Waals surface area contributed by atoms with Crippen LogP contribution in [0.25, 0.3) is 0 Å². The largest absolute Gasteiger partial charge is 0.493 e. The molecule has 2 amide bonds. The van der Waals surface area contributed by atoms with Gasteiger partial charge in [0, 0.05) is 11.6 Å². The number of halogens is 1. The molecule has 1 aromatic carbocycles. The lowest BCUT2D eigenvalue weighted by Crippen LogP contribution is -2.40. The standard InChI is InChI=1S/C20H19ClN2O4/c1-26-15-5-9(14(21)7-16(15)27-2)8-22-23-19(24)17-10-3-4-11(13-6-12(10)13)18(17)20(23)25/h3-5,7-8,10-13,17-18H,6H2,1-2H3/b22-8-/t10-,11-,12-,13-,17+,18+/m0/s1. The molecule has 27 heavy (non-hydrogen) atoms. The van der Waals surface area contributed by atoms with Crippen molar-refractivity contribution in [3.05, 3.63) is 34.9 Å². The van der Waals surface area contributed by atoms with Gasteiger partial charge in [-0.1, -0.05) is 23.8 Å². The fourth-order valence-corrected chi connectivity index (χ4v) is 5.35. The number of allylic oxidation sites excluding steroid dienone is 2. The van der Waals surface area contributed by atoms with Crippen molar-refractivity contribution in [2.45, 2.75) is 6.42 Å². The van der Waals surface area contributed by atoms with Crippen molar-refractivity contribution in [1.82, 2.24) is 5.01 Å². The zero-order chi connectivity index (χ0) is 18.9. The minimum absolute atomic E-state index is 0.186. The van der Waals surface area contributed by atoms with E-state index in [0.717, 1.165) is 11.4 Å². The monoisotopic (exact) mass is 386 g/mol. The number of rotatable bonds is 4. The molecule has 6 nitrogen and oxygen atoms in total. The molecule has 7 heteroatoms. The molecule has 3 fully saturated rings. The molecule has 0 aromatic heterocycles. The van der Waals surface area contributed by atoms with Crippen LogP contribution in [-0.4, -0.2) is 37.3 Å².